The zero-order valence-corrected chi connectivity index (χ0v) is 19.1. The van der Waals surface area contributed by atoms with E-state index >= 15 is 0 Å². The molecule has 0 saturated carbocycles. The highest BCUT2D eigenvalue weighted by atomic mass is 32.2. The summed E-state index contributed by atoms with van der Waals surface area (Å²) in [5.74, 6) is 0. The third-order valence-electron chi connectivity index (χ3n) is 5.54. The van der Waals surface area contributed by atoms with Crippen molar-refractivity contribution >= 4 is 9.84 Å². The third kappa shape index (κ3) is 6.43. The molecule has 0 aliphatic rings. The molecule has 2 rings (SSSR count). The van der Waals surface area contributed by atoms with Crippen LogP contribution in [0, 0.1) is 0 Å². The van der Waals surface area contributed by atoms with Gasteiger partial charge >= 0.3 is 0 Å². The van der Waals surface area contributed by atoms with E-state index in [1.165, 1.54) is 11.1 Å². The SMILES string of the molecule is CCC(=CCc1ccc(S(=O)(=O)c2ccc(CC=C(CC)CC)cc2)cc1)CC. The average molecular weight is 411 g/mol. The molecule has 0 aliphatic carbocycles. The van der Waals surface area contributed by atoms with E-state index in [1.807, 2.05) is 24.3 Å². The number of benzene rings is 2. The van der Waals surface area contributed by atoms with Crippen molar-refractivity contribution in [2.75, 3.05) is 0 Å². The van der Waals surface area contributed by atoms with Gasteiger partial charge < -0.3 is 0 Å². The maximum Gasteiger partial charge on any atom is 0.206 e. The Labute approximate surface area is 177 Å². The monoisotopic (exact) mass is 410 g/mol. The van der Waals surface area contributed by atoms with Crippen LogP contribution in [0.1, 0.15) is 64.5 Å². The van der Waals surface area contributed by atoms with Crippen LogP contribution in [0.15, 0.2) is 81.6 Å². The van der Waals surface area contributed by atoms with Crippen LogP contribution < -0.4 is 0 Å². The Bertz CT molecular complexity index is 846. The number of hydrogen-bond donors (Lipinski definition) is 0. The fourth-order valence-corrected chi connectivity index (χ4v) is 4.61. The predicted molar refractivity (Wildman–Crippen MR) is 123 cm³/mol. The highest BCUT2D eigenvalue weighted by Gasteiger charge is 2.17. The maximum absolute atomic E-state index is 13.0. The summed E-state index contributed by atoms with van der Waals surface area (Å²) in [7, 11) is -3.48. The van der Waals surface area contributed by atoms with Crippen molar-refractivity contribution in [3.05, 3.63) is 83.0 Å². The van der Waals surface area contributed by atoms with E-state index < -0.39 is 9.84 Å². The van der Waals surface area contributed by atoms with Gasteiger partial charge in [0.1, 0.15) is 0 Å². The van der Waals surface area contributed by atoms with Crippen molar-refractivity contribution in [3.63, 3.8) is 0 Å². The summed E-state index contributed by atoms with van der Waals surface area (Å²) >= 11 is 0. The van der Waals surface area contributed by atoms with Crippen LogP contribution >= 0.6 is 0 Å². The molecular weight excluding hydrogens is 376 g/mol. The first-order valence-electron chi connectivity index (χ1n) is 10.7. The summed E-state index contributed by atoms with van der Waals surface area (Å²) < 4.78 is 25.9. The summed E-state index contributed by atoms with van der Waals surface area (Å²) in [5, 5.41) is 0. The van der Waals surface area contributed by atoms with Crippen molar-refractivity contribution in [2.45, 2.75) is 76.0 Å². The summed E-state index contributed by atoms with van der Waals surface area (Å²) in [4.78, 5) is 0.701. The third-order valence-corrected chi connectivity index (χ3v) is 7.32. The lowest BCUT2D eigenvalue weighted by atomic mass is 10.1. The Kier molecular flexibility index (Phi) is 8.91. The first-order chi connectivity index (χ1) is 13.9. The van der Waals surface area contributed by atoms with Crippen LogP contribution in [0.4, 0.5) is 0 Å². The van der Waals surface area contributed by atoms with Gasteiger partial charge in [0.2, 0.25) is 9.84 Å². The van der Waals surface area contributed by atoms with E-state index in [0.717, 1.165) is 49.7 Å². The van der Waals surface area contributed by atoms with Gasteiger partial charge in [0.15, 0.2) is 0 Å². The van der Waals surface area contributed by atoms with E-state index in [4.69, 9.17) is 0 Å². The van der Waals surface area contributed by atoms with Gasteiger partial charge in [-0.25, -0.2) is 8.42 Å². The molecule has 0 radical (unpaired) electrons. The van der Waals surface area contributed by atoms with Crippen molar-refractivity contribution in [3.8, 4) is 0 Å². The summed E-state index contributed by atoms with van der Waals surface area (Å²) in [6.07, 6.45) is 10.4. The van der Waals surface area contributed by atoms with Crippen molar-refractivity contribution in [1.82, 2.24) is 0 Å². The summed E-state index contributed by atoms with van der Waals surface area (Å²) in [5.41, 5.74) is 5.13. The Morgan fingerprint density at radius 3 is 1.21 bits per heavy atom. The predicted octanol–water partition coefficient (Wildman–Crippen LogP) is 7.10. The van der Waals surface area contributed by atoms with Crippen molar-refractivity contribution in [2.24, 2.45) is 0 Å². The normalized spacial score (nSPS) is 11.2. The second-order valence-electron chi connectivity index (χ2n) is 7.34. The lowest BCUT2D eigenvalue weighted by Crippen LogP contribution is -2.02. The first-order valence-corrected chi connectivity index (χ1v) is 12.2. The maximum atomic E-state index is 13.0. The van der Waals surface area contributed by atoms with Gasteiger partial charge in [0, 0.05) is 0 Å². The standard InChI is InChI=1S/C26H34O2S/c1-5-21(6-2)9-11-23-13-17-25(18-14-23)29(27,28)26-19-15-24(16-20-26)12-10-22(7-3)8-4/h9-10,13-20H,5-8,11-12H2,1-4H3. The van der Waals surface area contributed by atoms with E-state index in [1.54, 1.807) is 24.3 Å². The Hall–Kier alpha value is -2.13. The smallest absolute Gasteiger partial charge is 0.206 e. The summed E-state index contributed by atoms with van der Waals surface area (Å²) in [6, 6.07) is 14.6. The topological polar surface area (TPSA) is 34.1 Å². The van der Waals surface area contributed by atoms with Crippen molar-refractivity contribution < 1.29 is 8.42 Å². The van der Waals surface area contributed by atoms with Gasteiger partial charge in [-0.3, -0.25) is 0 Å². The Morgan fingerprint density at radius 1 is 0.621 bits per heavy atom. The zero-order valence-electron chi connectivity index (χ0n) is 18.2. The number of allylic oxidation sites excluding steroid dienone is 4. The lowest BCUT2D eigenvalue weighted by molar-refractivity contribution is 0.596. The molecule has 0 fully saturated rings. The molecule has 0 spiro atoms. The van der Waals surface area contributed by atoms with Gasteiger partial charge in [-0.1, -0.05) is 75.3 Å². The van der Waals surface area contributed by atoms with Gasteiger partial charge in [0.25, 0.3) is 0 Å². The highest BCUT2D eigenvalue weighted by Crippen LogP contribution is 2.22. The molecule has 0 unspecified atom stereocenters. The molecule has 3 heteroatoms. The second-order valence-corrected chi connectivity index (χ2v) is 9.29. The van der Waals surface area contributed by atoms with Crippen LogP contribution in [0.25, 0.3) is 0 Å². The van der Waals surface area contributed by atoms with E-state index in [2.05, 4.69) is 39.8 Å². The lowest BCUT2D eigenvalue weighted by Gasteiger charge is -2.07. The van der Waals surface area contributed by atoms with Crippen LogP contribution in [0.5, 0.6) is 0 Å². The van der Waals surface area contributed by atoms with E-state index in [9.17, 15) is 8.42 Å². The molecular formula is C26H34O2S. The average Bonchev–Trinajstić information content (AvgIpc) is 2.76. The fourth-order valence-electron chi connectivity index (χ4n) is 3.35. The van der Waals surface area contributed by atoms with Gasteiger partial charge in [-0.2, -0.15) is 0 Å². The quantitative estimate of drug-likeness (QED) is 0.392. The molecule has 0 bridgehead atoms. The molecule has 2 aromatic rings. The van der Waals surface area contributed by atoms with Crippen LogP contribution in [-0.2, 0) is 22.7 Å². The molecule has 0 amide bonds. The van der Waals surface area contributed by atoms with Gasteiger partial charge in [0.05, 0.1) is 9.79 Å². The Morgan fingerprint density at radius 2 is 0.931 bits per heavy atom. The molecule has 2 aromatic carbocycles. The largest absolute Gasteiger partial charge is 0.219 e. The molecule has 0 saturated heterocycles. The summed E-state index contributed by atoms with van der Waals surface area (Å²) in [6.45, 7) is 8.66. The molecule has 0 heterocycles. The second kappa shape index (κ2) is 11.2. The molecule has 29 heavy (non-hydrogen) atoms. The fraction of sp³-hybridized carbons (Fsp3) is 0.385. The van der Waals surface area contributed by atoms with Crippen LogP contribution in [-0.4, -0.2) is 8.42 Å². The Balaban J connectivity index is 2.14. The zero-order chi connectivity index (χ0) is 21.3. The minimum Gasteiger partial charge on any atom is -0.219 e. The van der Waals surface area contributed by atoms with Gasteiger partial charge in [-0.15, -0.1) is 0 Å². The molecule has 0 aromatic heterocycles. The molecule has 0 N–H and O–H groups in total. The minimum atomic E-state index is -3.48. The van der Waals surface area contributed by atoms with E-state index in [0.29, 0.717) is 9.79 Å². The molecule has 0 aliphatic heterocycles. The molecule has 0 atom stereocenters. The van der Waals surface area contributed by atoms with Crippen LogP contribution in [0.3, 0.4) is 0 Å². The van der Waals surface area contributed by atoms with Gasteiger partial charge in [-0.05, 0) is 73.9 Å². The molecule has 2 nitrogen and oxygen atoms in total. The first kappa shape index (κ1) is 23.2. The highest BCUT2D eigenvalue weighted by molar-refractivity contribution is 7.91. The van der Waals surface area contributed by atoms with E-state index in [-0.39, 0.29) is 0 Å². The molecule has 156 valence electrons. The number of rotatable bonds is 10. The van der Waals surface area contributed by atoms with Crippen molar-refractivity contribution in [1.29, 1.82) is 0 Å². The number of hydrogen-bond acceptors (Lipinski definition) is 2. The van der Waals surface area contributed by atoms with Crippen LogP contribution in [0.2, 0.25) is 0 Å². The minimum absolute atomic E-state index is 0.350. The number of sulfone groups is 1.